The minimum Gasteiger partial charge on any atom is -0.321 e. The van der Waals surface area contributed by atoms with Crippen LogP contribution in [0.2, 0.25) is 25.1 Å². The van der Waals surface area contributed by atoms with E-state index in [-0.39, 0.29) is 26.4 Å². The molecule has 3 amide bonds. The van der Waals surface area contributed by atoms with E-state index in [0.29, 0.717) is 26.6 Å². The Morgan fingerprint density at radius 2 is 1.49 bits per heavy atom. The van der Waals surface area contributed by atoms with E-state index in [1.807, 2.05) is 0 Å². The zero-order valence-corrected chi connectivity index (χ0v) is 21.1. The van der Waals surface area contributed by atoms with Crippen LogP contribution in [0, 0.1) is 0 Å². The van der Waals surface area contributed by atoms with Gasteiger partial charge in [-0.2, -0.15) is 0 Å². The van der Waals surface area contributed by atoms with Crippen molar-refractivity contribution in [1.82, 2.24) is 4.68 Å². The van der Waals surface area contributed by atoms with Gasteiger partial charge in [0.15, 0.2) is 0 Å². The van der Waals surface area contributed by atoms with Gasteiger partial charge in [0.25, 0.3) is 5.91 Å². The number of carbonyl (C=O) groups is 3. The number of anilines is 2. The van der Waals surface area contributed by atoms with Gasteiger partial charge in [0.2, 0.25) is 0 Å². The Morgan fingerprint density at radius 1 is 0.714 bits per heavy atom. The number of rotatable bonds is 4. The third-order valence-corrected chi connectivity index (χ3v) is 6.59. The molecule has 12 heteroatoms. The van der Waals surface area contributed by atoms with Crippen LogP contribution in [0.1, 0.15) is 10.5 Å². The van der Waals surface area contributed by atoms with Gasteiger partial charge in [-0.15, -0.1) is 0 Å². The molecule has 35 heavy (non-hydrogen) atoms. The lowest BCUT2D eigenvalue weighted by atomic mass is 10.2. The summed E-state index contributed by atoms with van der Waals surface area (Å²) in [6.07, 6.45) is 0. The van der Waals surface area contributed by atoms with Gasteiger partial charge in [0, 0.05) is 16.1 Å². The monoisotopic (exact) mass is 568 g/mol. The maximum absolute atomic E-state index is 13.1. The second-order valence-electron chi connectivity index (χ2n) is 7.15. The quantitative estimate of drug-likeness (QED) is 0.234. The molecule has 0 aliphatic carbocycles. The van der Waals surface area contributed by atoms with Crippen molar-refractivity contribution >= 4 is 98.0 Å². The number of benzene rings is 3. The van der Waals surface area contributed by atoms with E-state index in [2.05, 4.69) is 16.1 Å². The Bertz CT molecular complexity index is 1500. The van der Waals surface area contributed by atoms with Gasteiger partial charge >= 0.3 is 11.8 Å². The number of aromatic nitrogens is 1. The number of fused-ring (bicyclic) bond motifs is 1. The first-order valence-corrected chi connectivity index (χ1v) is 11.7. The molecule has 1 heterocycles. The molecule has 3 N–H and O–H groups in total. The normalized spacial score (nSPS) is 10.8. The van der Waals surface area contributed by atoms with Crippen molar-refractivity contribution < 1.29 is 14.4 Å². The van der Waals surface area contributed by atoms with E-state index in [1.165, 1.54) is 35.0 Å². The first-order valence-electron chi connectivity index (χ1n) is 9.78. The molecule has 0 aliphatic rings. The third-order valence-electron chi connectivity index (χ3n) is 4.79. The summed E-state index contributed by atoms with van der Waals surface area (Å²) in [7, 11) is 0. The van der Waals surface area contributed by atoms with Crippen LogP contribution >= 0.6 is 58.0 Å². The fourth-order valence-corrected chi connectivity index (χ4v) is 4.00. The van der Waals surface area contributed by atoms with Crippen LogP contribution < -0.4 is 16.1 Å². The summed E-state index contributed by atoms with van der Waals surface area (Å²) in [6, 6.07) is 15.5. The molecule has 0 saturated carbocycles. The van der Waals surface area contributed by atoms with E-state index < -0.39 is 17.7 Å². The number of amides is 3. The SMILES string of the molecule is O=C(Nc1cccc(Cl)c1Cl)C(=O)Nn1c(C(=O)Nc2ccc(Cl)c(Cl)c2)cc2cc(Cl)ccc21. The summed E-state index contributed by atoms with van der Waals surface area (Å²) in [4.78, 5) is 38.4. The maximum atomic E-state index is 13.1. The molecule has 4 aromatic rings. The van der Waals surface area contributed by atoms with Crippen molar-refractivity contribution in [1.29, 1.82) is 0 Å². The number of nitrogens with zero attached hydrogens (tertiary/aromatic N) is 1. The molecule has 0 fully saturated rings. The molecule has 3 aromatic carbocycles. The summed E-state index contributed by atoms with van der Waals surface area (Å²) < 4.78 is 1.18. The first kappa shape index (κ1) is 25.2. The van der Waals surface area contributed by atoms with Crippen LogP contribution in [0.15, 0.2) is 60.7 Å². The fraction of sp³-hybridized carbons (Fsp3) is 0. The smallest absolute Gasteiger partial charge is 0.321 e. The molecule has 4 rings (SSSR count). The van der Waals surface area contributed by atoms with Crippen LogP contribution in [0.3, 0.4) is 0 Å². The number of hydrogen-bond donors (Lipinski definition) is 3. The lowest BCUT2D eigenvalue weighted by Gasteiger charge is -2.13. The van der Waals surface area contributed by atoms with Gasteiger partial charge in [0.05, 0.1) is 31.3 Å². The van der Waals surface area contributed by atoms with Gasteiger partial charge in [0.1, 0.15) is 5.69 Å². The Balaban J connectivity index is 1.64. The average Bonchev–Trinajstić information content (AvgIpc) is 3.16. The minimum absolute atomic E-state index is 0.0234. The summed E-state index contributed by atoms with van der Waals surface area (Å²) in [6.45, 7) is 0. The fourth-order valence-electron chi connectivity index (χ4n) is 3.17. The summed E-state index contributed by atoms with van der Waals surface area (Å²) in [5.74, 6) is -2.67. The van der Waals surface area contributed by atoms with Crippen molar-refractivity contribution in [3.05, 3.63) is 91.5 Å². The summed E-state index contributed by atoms with van der Waals surface area (Å²) in [5.41, 5.74) is 3.41. The maximum Gasteiger partial charge on any atom is 0.328 e. The molecule has 0 bridgehead atoms. The molecule has 7 nitrogen and oxygen atoms in total. The van der Waals surface area contributed by atoms with Gasteiger partial charge in [-0.1, -0.05) is 64.1 Å². The molecule has 0 spiro atoms. The van der Waals surface area contributed by atoms with Crippen LogP contribution in [0.25, 0.3) is 10.9 Å². The molecule has 1 aromatic heterocycles. The predicted octanol–water partition coefficient (Wildman–Crippen LogP) is 6.87. The van der Waals surface area contributed by atoms with E-state index in [9.17, 15) is 14.4 Å². The van der Waals surface area contributed by atoms with Gasteiger partial charge in [-0.05, 0) is 54.6 Å². The van der Waals surface area contributed by atoms with Crippen molar-refractivity contribution in [3.8, 4) is 0 Å². The third kappa shape index (κ3) is 5.50. The van der Waals surface area contributed by atoms with E-state index in [1.54, 1.807) is 30.3 Å². The molecule has 178 valence electrons. The zero-order chi connectivity index (χ0) is 25.3. The number of hydrogen-bond acceptors (Lipinski definition) is 3. The molecule has 0 unspecified atom stereocenters. The van der Waals surface area contributed by atoms with Crippen molar-refractivity contribution in [2.45, 2.75) is 0 Å². The van der Waals surface area contributed by atoms with Crippen LogP contribution in [-0.2, 0) is 9.59 Å². The average molecular weight is 571 g/mol. The lowest BCUT2D eigenvalue weighted by molar-refractivity contribution is -0.133. The first-order chi connectivity index (χ1) is 16.6. The van der Waals surface area contributed by atoms with Crippen molar-refractivity contribution in [3.63, 3.8) is 0 Å². The van der Waals surface area contributed by atoms with E-state index in [4.69, 9.17) is 58.0 Å². The summed E-state index contributed by atoms with van der Waals surface area (Å²) >= 11 is 30.1. The highest BCUT2D eigenvalue weighted by molar-refractivity contribution is 6.46. The Kier molecular flexibility index (Phi) is 7.44. The van der Waals surface area contributed by atoms with Gasteiger partial charge in [-0.25, -0.2) is 4.68 Å². The number of halogens is 5. The highest BCUT2D eigenvalue weighted by Gasteiger charge is 2.22. The highest BCUT2D eigenvalue weighted by Crippen LogP contribution is 2.30. The van der Waals surface area contributed by atoms with E-state index in [0.717, 1.165) is 0 Å². The van der Waals surface area contributed by atoms with Gasteiger partial charge in [-0.3, -0.25) is 19.8 Å². The summed E-state index contributed by atoms with van der Waals surface area (Å²) in [5, 5.41) is 6.91. The molecule has 0 saturated heterocycles. The van der Waals surface area contributed by atoms with Crippen LogP contribution in [0.5, 0.6) is 0 Å². The topological polar surface area (TPSA) is 92.2 Å². The molecular weight excluding hydrogens is 558 g/mol. The second-order valence-corrected chi connectivity index (χ2v) is 9.18. The molecule has 0 radical (unpaired) electrons. The largest absolute Gasteiger partial charge is 0.328 e. The predicted molar refractivity (Wildman–Crippen MR) is 141 cm³/mol. The van der Waals surface area contributed by atoms with Crippen LogP contribution in [0.4, 0.5) is 11.4 Å². The minimum atomic E-state index is -1.06. The second kappa shape index (κ2) is 10.4. The number of nitrogens with one attached hydrogen (secondary N) is 3. The van der Waals surface area contributed by atoms with Crippen molar-refractivity contribution in [2.24, 2.45) is 0 Å². The highest BCUT2D eigenvalue weighted by atomic mass is 35.5. The molecule has 0 aliphatic heterocycles. The zero-order valence-electron chi connectivity index (χ0n) is 17.3. The lowest BCUT2D eigenvalue weighted by Crippen LogP contribution is -2.36. The Hall–Kier alpha value is -2.94. The Labute approximate surface area is 223 Å². The molecular formula is C23H13Cl5N4O3. The molecule has 0 atom stereocenters. The van der Waals surface area contributed by atoms with Crippen LogP contribution in [-0.4, -0.2) is 22.4 Å². The van der Waals surface area contributed by atoms with E-state index >= 15 is 0 Å². The number of carbonyl (C=O) groups excluding carboxylic acids is 3. The van der Waals surface area contributed by atoms with Gasteiger partial charge < -0.3 is 10.6 Å². The standard InChI is InChI=1S/C23H13Cl5N4O3/c24-12-4-7-18-11(8-12)9-19(21(33)29-13-5-6-14(25)16(27)10-13)32(18)31-23(35)22(34)30-17-3-1-2-15(26)20(17)28/h1-10H,(H,29,33)(H,30,34)(H,31,35). The Morgan fingerprint density at radius 3 is 2.23 bits per heavy atom. The van der Waals surface area contributed by atoms with Crippen molar-refractivity contribution in [2.75, 3.05) is 16.1 Å².